The van der Waals surface area contributed by atoms with Crippen LogP contribution < -0.4 is 26.4 Å². The Morgan fingerprint density at radius 1 is 0.633 bits per heavy atom. The van der Waals surface area contributed by atoms with Gasteiger partial charge in [-0.15, -0.1) is 0 Å². The van der Waals surface area contributed by atoms with E-state index in [-0.39, 0.29) is 32.4 Å². The number of amides is 4. The Morgan fingerprint density at radius 3 is 1.76 bits per heavy atom. The van der Waals surface area contributed by atoms with Gasteiger partial charge in [0.2, 0.25) is 17.6 Å². The Kier molecular flexibility index (Phi) is 13.5. The first kappa shape index (κ1) is 35.9. The standard InChI is InChI=1S/C38H40N4O7/c1-2-48-31-19-17-28(18-20-31)22-33(42-37(46)34(43)23-27-11-7-4-8-12-27)36(45)41-32(21-26-9-5-3-6-10-26)35(44)40-24-29-13-15-30(16-14-29)25-49-38(39)47/h3-20,32-33H,2,21-25H2,1H3,(H2,39,47)(H,40,44)(H,41,45)(H,42,46)/t32-,33+/m0/s1. The van der Waals surface area contributed by atoms with Crippen LogP contribution in [-0.2, 0) is 56.3 Å². The van der Waals surface area contributed by atoms with Crippen LogP contribution in [-0.4, -0.2) is 48.3 Å². The second kappa shape index (κ2) is 18.4. The van der Waals surface area contributed by atoms with E-state index in [0.717, 1.165) is 16.7 Å². The number of nitrogens with two attached hydrogens (primary N) is 1. The van der Waals surface area contributed by atoms with Crippen LogP contribution in [0.25, 0.3) is 0 Å². The molecule has 0 saturated carbocycles. The smallest absolute Gasteiger partial charge is 0.404 e. The van der Waals surface area contributed by atoms with Crippen molar-refractivity contribution in [2.24, 2.45) is 5.73 Å². The molecule has 0 saturated heterocycles. The summed E-state index contributed by atoms with van der Waals surface area (Å²) in [4.78, 5) is 64.3. The van der Waals surface area contributed by atoms with Crippen LogP contribution >= 0.6 is 0 Å². The van der Waals surface area contributed by atoms with Gasteiger partial charge in [0, 0.05) is 25.8 Å². The number of ketones is 1. The fourth-order valence-electron chi connectivity index (χ4n) is 4.99. The number of hydrogen-bond acceptors (Lipinski definition) is 7. The number of hydrogen-bond donors (Lipinski definition) is 4. The number of ether oxygens (including phenoxy) is 2. The van der Waals surface area contributed by atoms with Gasteiger partial charge >= 0.3 is 6.09 Å². The molecule has 2 atom stereocenters. The molecule has 5 N–H and O–H groups in total. The third-order valence-electron chi connectivity index (χ3n) is 7.54. The zero-order valence-corrected chi connectivity index (χ0v) is 27.2. The maximum Gasteiger partial charge on any atom is 0.404 e. The van der Waals surface area contributed by atoms with Crippen LogP contribution in [0, 0.1) is 0 Å². The minimum Gasteiger partial charge on any atom is -0.494 e. The largest absolute Gasteiger partial charge is 0.494 e. The molecule has 0 aliphatic carbocycles. The van der Waals surface area contributed by atoms with Gasteiger partial charge in [0.05, 0.1) is 6.61 Å². The van der Waals surface area contributed by atoms with Crippen LogP contribution in [0.5, 0.6) is 5.75 Å². The average molecular weight is 665 g/mol. The van der Waals surface area contributed by atoms with Crippen molar-refractivity contribution in [1.82, 2.24) is 16.0 Å². The maximum absolute atomic E-state index is 13.9. The van der Waals surface area contributed by atoms with Gasteiger partial charge in [-0.05, 0) is 46.9 Å². The van der Waals surface area contributed by atoms with Gasteiger partial charge in [0.25, 0.3) is 5.91 Å². The summed E-state index contributed by atoms with van der Waals surface area (Å²) >= 11 is 0. The van der Waals surface area contributed by atoms with Crippen LogP contribution in [0.2, 0.25) is 0 Å². The van der Waals surface area contributed by atoms with Crippen molar-refractivity contribution in [3.05, 3.63) is 137 Å². The summed E-state index contributed by atoms with van der Waals surface area (Å²) in [5.41, 5.74) is 8.73. The van der Waals surface area contributed by atoms with Crippen LogP contribution in [0.3, 0.4) is 0 Å². The fraction of sp³-hybridized carbons (Fsp3) is 0.237. The third-order valence-corrected chi connectivity index (χ3v) is 7.54. The molecule has 0 heterocycles. The van der Waals surface area contributed by atoms with E-state index in [1.807, 2.05) is 43.3 Å². The second-order valence-electron chi connectivity index (χ2n) is 11.3. The number of carbonyl (C=O) groups is 5. The number of Topliss-reactive ketones (excluding diaryl/α,β-unsaturated/α-hetero) is 1. The van der Waals surface area contributed by atoms with Crippen molar-refractivity contribution < 1.29 is 33.4 Å². The monoisotopic (exact) mass is 664 g/mol. The molecule has 4 rings (SSSR count). The number of benzene rings is 4. The summed E-state index contributed by atoms with van der Waals surface area (Å²) in [7, 11) is 0. The van der Waals surface area contributed by atoms with Crippen molar-refractivity contribution >= 4 is 29.6 Å². The highest BCUT2D eigenvalue weighted by atomic mass is 16.5. The van der Waals surface area contributed by atoms with E-state index in [1.165, 1.54) is 0 Å². The lowest BCUT2D eigenvalue weighted by Crippen LogP contribution is -2.55. The van der Waals surface area contributed by atoms with Crippen LogP contribution in [0.1, 0.15) is 34.7 Å². The molecule has 11 heteroatoms. The molecule has 0 spiro atoms. The Bertz CT molecular complexity index is 1700. The highest BCUT2D eigenvalue weighted by molar-refractivity contribution is 6.37. The van der Waals surface area contributed by atoms with Crippen molar-refractivity contribution in [2.75, 3.05) is 6.61 Å². The molecule has 49 heavy (non-hydrogen) atoms. The zero-order chi connectivity index (χ0) is 35.0. The molecule has 0 fully saturated rings. The lowest BCUT2D eigenvalue weighted by Gasteiger charge is -2.23. The van der Waals surface area contributed by atoms with E-state index in [9.17, 15) is 24.0 Å². The van der Waals surface area contributed by atoms with Crippen molar-refractivity contribution in [2.45, 2.75) is 51.4 Å². The fourth-order valence-corrected chi connectivity index (χ4v) is 4.99. The Morgan fingerprint density at radius 2 is 1.16 bits per heavy atom. The van der Waals surface area contributed by atoms with E-state index in [2.05, 4.69) is 16.0 Å². The topological polar surface area (TPSA) is 166 Å². The van der Waals surface area contributed by atoms with Gasteiger partial charge < -0.3 is 31.2 Å². The summed E-state index contributed by atoms with van der Waals surface area (Å²) in [5.74, 6) is -2.00. The highest BCUT2D eigenvalue weighted by Crippen LogP contribution is 2.14. The predicted octanol–water partition coefficient (Wildman–Crippen LogP) is 3.56. The van der Waals surface area contributed by atoms with Crippen LogP contribution in [0.15, 0.2) is 109 Å². The van der Waals surface area contributed by atoms with Gasteiger partial charge in [-0.1, -0.05) is 97.1 Å². The third kappa shape index (κ3) is 12.0. The second-order valence-corrected chi connectivity index (χ2v) is 11.3. The molecule has 4 amide bonds. The van der Waals surface area contributed by atoms with Crippen molar-refractivity contribution in [3.8, 4) is 5.75 Å². The van der Waals surface area contributed by atoms with Crippen molar-refractivity contribution in [3.63, 3.8) is 0 Å². The lowest BCUT2D eigenvalue weighted by molar-refractivity contribution is -0.139. The number of carbonyl (C=O) groups excluding carboxylic acids is 5. The lowest BCUT2D eigenvalue weighted by atomic mass is 10.0. The first-order chi connectivity index (χ1) is 23.7. The average Bonchev–Trinajstić information content (AvgIpc) is 3.11. The molecule has 0 aliphatic heterocycles. The molecule has 254 valence electrons. The molecular formula is C38H40N4O7. The van der Waals surface area contributed by atoms with Crippen LogP contribution in [0.4, 0.5) is 4.79 Å². The predicted molar refractivity (Wildman–Crippen MR) is 183 cm³/mol. The molecule has 0 aliphatic rings. The molecule has 0 aromatic heterocycles. The Balaban J connectivity index is 1.50. The summed E-state index contributed by atoms with van der Waals surface area (Å²) in [5, 5.41) is 8.31. The summed E-state index contributed by atoms with van der Waals surface area (Å²) in [6.45, 7) is 2.56. The molecule has 0 unspecified atom stereocenters. The zero-order valence-electron chi connectivity index (χ0n) is 27.2. The highest BCUT2D eigenvalue weighted by Gasteiger charge is 2.29. The minimum atomic E-state index is -1.16. The normalized spacial score (nSPS) is 11.8. The number of nitrogens with one attached hydrogen (secondary N) is 3. The molecule has 11 nitrogen and oxygen atoms in total. The van der Waals surface area contributed by atoms with Gasteiger partial charge in [-0.3, -0.25) is 19.2 Å². The molecule has 4 aromatic rings. The number of primary amides is 1. The maximum atomic E-state index is 13.9. The van der Waals surface area contributed by atoms with Gasteiger partial charge in [-0.25, -0.2) is 4.79 Å². The molecule has 0 radical (unpaired) electrons. The molecular weight excluding hydrogens is 624 g/mol. The SMILES string of the molecule is CCOc1ccc(C[C@@H](NC(=O)C(=O)Cc2ccccc2)C(=O)N[C@@H](Cc2ccccc2)C(=O)NCc2ccc(COC(N)=O)cc2)cc1. The van der Waals surface area contributed by atoms with E-state index < -0.39 is 41.7 Å². The minimum absolute atomic E-state index is 0.0272. The summed E-state index contributed by atoms with van der Waals surface area (Å²) < 4.78 is 10.3. The summed E-state index contributed by atoms with van der Waals surface area (Å²) in [6.07, 6.45) is -0.752. The number of rotatable bonds is 17. The van der Waals surface area contributed by atoms with Gasteiger partial charge in [-0.2, -0.15) is 0 Å². The van der Waals surface area contributed by atoms with E-state index in [4.69, 9.17) is 15.2 Å². The van der Waals surface area contributed by atoms with E-state index >= 15 is 0 Å². The first-order valence-corrected chi connectivity index (χ1v) is 15.9. The Labute approximate surface area is 285 Å². The first-order valence-electron chi connectivity index (χ1n) is 15.9. The van der Waals surface area contributed by atoms with Crippen molar-refractivity contribution in [1.29, 1.82) is 0 Å². The Hall–Kier alpha value is -5.97. The molecule has 4 aromatic carbocycles. The summed E-state index contributed by atoms with van der Waals surface area (Å²) in [6, 6.07) is 30.1. The van der Waals surface area contributed by atoms with Gasteiger partial charge in [0.15, 0.2) is 0 Å². The van der Waals surface area contributed by atoms with E-state index in [0.29, 0.717) is 23.5 Å². The van der Waals surface area contributed by atoms with E-state index in [1.54, 1.807) is 72.8 Å². The van der Waals surface area contributed by atoms with Gasteiger partial charge in [0.1, 0.15) is 24.4 Å². The quantitative estimate of drug-likeness (QED) is 0.125. The molecule has 0 bridgehead atoms.